The fraction of sp³-hybridized carbons (Fsp3) is 0.357. The zero-order valence-electron chi connectivity index (χ0n) is 21.5. The number of amides is 1. The van der Waals surface area contributed by atoms with E-state index in [2.05, 4.69) is 39.6 Å². The van der Waals surface area contributed by atoms with Crippen LogP contribution in [0.5, 0.6) is 0 Å². The fourth-order valence-corrected chi connectivity index (χ4v) is 4.11. The van der Waals surface area contributed by atoms with Gasteiger partial charge in [0.1, 0.15) is 5.65 Å². The van der Waals surface area contributed by atoms with E-state index in [0.717, 1.165) is 28.7 Å². The normalized spacial score (nSPS) is 16.5. The van der Waals surface area contributed by atoms with Gasteiger partial charge in [0.25, 0.3) is 5.92 Å². The highest BCUT2D eigenvalue weighted by molar-refractivity contribution is 5.85. The van der Waals surface area contributed by atoms with Gasteiger partial charge in [0.2, 0.25) is 6.41 Å². The number of aromatic nitrogens is 4. The SMILES string of the molecule is CN1CCC(F)(F)CC1.Cc1cccc(-n2ccc3cc(C=O)cnc32)c1.O=CNc1cc(C2CC2)[nH]n1. The molecule has 4 heterocycles. The molecule has 0 atom stereocenters. The van der Waals surface area contributed by atoms with Crippen molar-refractivity contribution >= 4 is 29.5 Å². The highest BCUT2D eigenvalue weighted by atomic mass is 19.3. The first-order chi connectivity index (χ1) is 18.3. The Hall–Kier alpha value is -3.92. The molecule has 1 saturated carbocycles. The molecule has 200 valence electrons. The number of rotatable bonds is 5. The number of carbonyl (C=O) groups is 2. The monoisotopic (exact) mass is 522 g/mol. The number of anilines is 1. The summed E-state index contributed by atoms with van der Waals surface area (Å²) in [5.74, 6) is -1.11. The van der Waals surface area contributed by atoms with Gasteiger partial charge in [-0.25, -0.2) is 13.8 Å². The quantitative estimate of drug-likeness (QED) is 0.345. The largest absolute Gasteiger partial charge is 0.312 e. The number of likely N-dealkylation sites (tertiary alicyclic amines) is 1. The second-order valence-corrected chi connectivity index (χ2v) is 9.73. The topological polar surface area (TPSA) is 95.9 Å². The lowest BCUT2D eigenvalue weighted by Gasteiger charge is -2.28. The molecule has 2 N–H and O–H groups in total. The molecule has 0 unspecified atom stereocenters. The van der Waals surface area contributed by atoms with E-state index < -0.39 is 5.92 Å². The Labute approximate surface area is 220 Å². The van der Waals surface area contributed by atoms with E-state index in [9.17, 15) is 18.4 Å². The summed E-state index contributed by atoms with van der Waals surface area (Å²) in [4.78, 5) is 27.0. The third-order valence-corrected chi connectivity index (χ3v) is 6.50. The van der Waals surface area contributed by atoms with E-state index in [1.54, 1.807) is 6.20 Å². The van der Waals surface area contributed by atoms with Crippen LogP contribution in [0, 0.1) is 6.92 Å². The molecule has 10 heteroatoms. The van der Waals surface area contributed by atoms with Crippen LogP contribution >= 0.6 is 0 Å². The summed E-state index contributed by atoms with van der Waals surface area (Å²) < 4.78 is 26.7. The maximum atomic E-state index is 12.4. The molecular formula is C28H32F2N6O2. The van der Waals surface area contributed by atoms with E-state index in [1.807, 2.05) is 53.0 Å². The van der Waals surface area contributed by atoms with Crippen molar-refractivity contribution in [2.45, 2.75) is 44.4 Å². The Balaban J connectivity index is 0.000000144. The Morgan fingerprint density at radius 2 is 1.87 bits per heavy atom. The summed E-state index contributed by atoms with van der Waals surface area (Å²) in [5.41, 5.74) is 4.89. The standard InChI is InChI=1S/C15H12N2O.C7H9N3O.C6H11F2N/c1-11-3-2-4-14(7-11)17-6-5-13-8-12(10-18)9-16-15(13)17;11-4-8-7-3-6(9-10-7)5-1-2-5;1-9-4-2-6(7,8)3-5-9/h2-10H,1H3;3-5H,1-2H2,(H2,8,9,10,11);2-5H2,1H3. The van der Waals surface area contributed by atoms with Gasteiger partial charge in [-0.3, -0.25) is 14.7 Å². The van der Waals surface area contributed by atoms with Gasteiger partial charge in [-0.05, 0) is 56.6 Å². The maximum absolute atomic E-state index is 12.4. The smallest absolute Gasteiger partial charge is 0.250 e. The van der Waals surface area contributed by atoms with Crippen LogP contribution in [0.4, 0.5) is 14.6 Å². The van der Waals surface area contributed by atoms with Gasteiger partial charge in [0.05, 0.1) is 0 Å². The third-order valence-electron chi connectivity index (χ3n) is 6.50. The molecule has 1 amide bonds. The van der Waals surface area contributed by atoms with Crippen LogP contribution in [0.25, 0.3) is 16.7 Å². The zero-order chi connectivity index (χ0) is 27.1. The lowest BCUT2D eigenvalue weighted by Crippen LogP contribution is -2.36. The average Bonchev–Trinajstić information content (AvgIpc) is 3.50. The first-order valence-corrected chi connectivity index (χ1v) is 12.6. The molecule has 0 radical (unpaired) electrons. The summed E-state index contributed by atoms with van der Waals surface area (Å²) in [5, 5.41) is 10.2. The number of carbonyl (C=O) groups excluding carboxylic acids is 2. The van der Waals surface area contributed by atoms with Gasteiger partial charge in [-0.2, -0.15) is 5.10 Å². The minimum Gasteiger partial charge on any atom is -0.312 e. The number of nitrogens with one attached hydrogen (secondary N) is 2. The van der Waals surface area contributed by atoms with E-state index in [-0.39, 0.29) is 12.8 Å². The first kappa shape index (κ1) is 27.1. The molecule has 0 bridgehead atoms. The van der Waals surface area contributed by atoms with E-state index in [4.69, 9.17) is 0 Å². The van der Waals surface area contributed by atoms with Gasteiger partial charge in [0, 0.05) is 72.6 Å². The van der Waals surface area contributed by atoms with Gasteiger partial charge in [-0.15, -0.1) is 0 Å². The lowest BCUT2D eigenvalue weighted by molar-refractivity contribution is -0.105. The number of hydrogen-bond acceptors (Lipinski definition) is 5. The minimum atomic E-state index is -2.38. The molecule has 1 saturated heterocycles. The van der Waals surface area contributed by atoms with Gasteiger partial charge < -0.3 is 14.8 Å². The van der Waals surface area contributed by atoms with E-state index in [1.165, 1.54) is 18.4 Å². The molecule has 0 spiro atoms. The number of benzene rings is 1. The predicted molar refractivity (Wildman–Crippen MR) is 143 cm³/mol. The van der Waals surface area contributed by atoms with Crippen LogP contribution < -0.4 is 5.32 Å². The van der Waals surface area contributed by atoms with Crippen molar-refractivity contribution in [1.82, 2.24) is 24.6 Å². The molecule has 6 rings (SSSR count). The van der Waals surface area contributed by atoms with Crippen LogP contribution in [0.15, 0.2) is 54.9 Å². The molecule has 1 aromatic carbocycles. The van der Waals surface area contributed by atoms with Crippen LogP contribution in [0.2, 0.25) is 0 Å². The van der Waals surface area contributed by atoms with Crippen molar-refractivity contribution < 1.29 is 18.4 Å². The highest BCUT2D eigenvalue weighted by Crippen LogP contribution is 2.39. The number of aryl methyl sites for hydroxylation is 1. The van der Waals surface area contributed by atoms with Crippen molar-refractivity contribution in [3.05, 3.63) is 71.7 Å². The van der Waals surface area contributed by atoms with Gasteiger partial charge in [0.15, 0.2) is 12.1 Å². The highest BCUT2D eigenvalue weighted by Gasteiger charge is 2.32. The molecule has 4 aromatic rings. The molecule has 38 heavy (non-hydrogen) atoms. The number of alkyl halides is 2. The van der Waals surface area contributed by atoms with Crippen LogP contribution in [-0.2, 0) is 4.79 Å². The second kappa shape index (κ2) is 12.1. The fourth-order valence-electron chi connectivity index (χ4n) is 4.11. The minimum absolute atomic E-state index is 0.0312. The zero-order valence-corrected chi connectivity index (χ0v) is 21.5. The molecule has 1 aliphatic carbocycles. The summed E-state index contributed by atoms with van der Waals surface area (Å²) in [6.07, 6.45) is 7.56. The maximum Gasteiger partial charge on any atom is 0.250 e. The van der Waals surface area contributed by atoms with E-state index in [0.29, 0.717) is 36.8 Å². The van der Waals surface area contributed by atoms with Crippen molar-refractivity contribution in [2.24, 2.45) is 0 Å². The molecule has 3 aromatic heterocycles. The summed E-state index contributed by atoms with van der Waals surface area (Å²) in [6, 6.07) is 13.9. The van der Waals surface area contributed by atoms with Crippen molar-refractivity contribution in [1.29, 1.82) is 0 Å². The van der Waals surface area contributed by atoms with Crippen molar-refractivity contribution in [2.75, 3.05) is 25.5 Å². The number of piperidine rings is 1. The Morgan fingerprint density at radius 1 is 1.11 bits per heavy atom. The molecule has 2 fully saturated rings. The van der Waals surface area contributed by atoms with E-state index >= 15 is 0 Å². The number of halogens is 2. The first-order valence-electron chi connectivity index (χ1n) is 12.6. The number of fused-ring (bicyclic) bond motifs is 1. The van der Waals surface area contributed by atoms with Crippen LogP contribution in [0.3, 0.4) is 0 Å². The van der Waals surface area contributed by atoms with Crippen LogP contribution in [0.1, 0.15) is 53.2 Å². The number of pyridine rings is 1. The summed E-state index contributed by atoms with van der Waals surface area (Å²) in [7, 11) is 1.87. The Bertz CT molecular complexity index is 1370. The van der Waals surface area contributed by atoms with Gasteiger partial charge in [-0.1, -0.05) is 12.1 Å². The van der Waals surface area contributed by atoms with Gasteiger partial charge >= 0.3 is 0 Å². The predicted octanol–water partition coefficient (Wildman–Crippen LogP) is 5.35. The average molecular weight is 523 g/mol. The number of aldehydes is 1. The number of nitrogens with zero attached hydrogens (tertiary/aromatic N) is 4. The number of H-pyrrole nitrogens is 1. The number of hydrogen-bond donors (Lipinski definition) is 2. The lowest BCUT2D eigenvalue weighted by atomic mass is 10.1. The Morgan fingerprint density at radius 3 is 2.50 bits per heavy atom. The second-order valence-electron chi connectivity index (χ2n) is 9.73. The summed E-state index contributed by atoms with van der Waals surface area (Å²) >= 11 is 0. The van der Waals surface area contributed by atoms with Crippen molar-refractivity contribution in [3.63, 3.8) is 0 Å². The molecule has 2 aliphatic rings. The molecule has 1 aliphatic heterocycles. The Kier molecular flexibility index (Phi) is 8.62. The number of aromatic amines is 1. The van der Waals surface area contributed by atoms with Crippen molar-refractivity contribution in [3.8, 4) is 5.69 Å². The summed E-state index contributed by atoms with van der Waals surface area (Å²) in [6.45, 7) is 3.13. The third kappa shape index (κ3) is 7.32. The van der Waals surface area contributed by atoms with Crippen LogP contribution in [-0.4, -0.2) is 63.4 Å². The molecule has 8 nitrogen and oxygen atoms in total. The molecular weight excluding hydrogens is 490 g/mol.